The topological polar surface area (TPSA) is 52.0 Å². The first kappa shape index (κ1) is 16.1. The minimum Gasteiger partial charge on any atom is -0.382 e. The maximum atomic E-state index is 9.58. The van der Waals surface area contributed by atoms with Crippen molar-refractivity contribution in [3.05, 3.63) is 29.8 Å². The van der Waals surface area contributed by atoms with Crippen LogP contribution in [0.25, 0.3) is 10.9 Å². The van der Waals surface area contributed by atoms with Crippen LogP contribution in [-0.4, -0.2) is 42.3 Å². The Morgan fingerprint density at radius 3 is 2.78 bits per heavy atom. The van der Waals surface area contributed by atoms with Crippen molar-refractivity contribution >= 4 is 28.4 Å². The van der Waals surface area contributed by atoms with Gasteiger partial charge in [0.05, 0.1) is 11.2 Å². The van der Waals surface area contributed by atoms with Gasteiger partial charge in [-0.3, -0.25) is 0 Å². The van der Waals surface area contributed by atoms with E-state index in [4.69, 9.17) is 0 Å². The summed E-state index contributed by atoms with van der Waals surface area (Å²) in [7, 11) is 0. The summed E-state index contributed by atoms with van der Waals surface area (Å²) in [5.41, 5.74) is 2.53. The molecule has 0 bridgehead atoms. The number of aromatic nitrogens is 1. The van der Waals surface area contributed by atoms with Crippen molar-refractivity contribution in [2.75, 3.05) is 37.8 Å². The molecule has 0 aliphatic carbocycles. The zero-order valence-electron chi connectivity index (χ0n) is 13.5. The molecule has 1 saturated heterocycles. The van der Waals surface area contributed by atoms with E-state index in [-0.39, 0.29) is 0 Å². The molecule has 0 atom stereocenters. The fourth-order valence-electron chi connectivity index (χ4n) is 3.15. The Labute approximate surface area is 141 Å². The summed E-state index contributed by atoms with van der Waals surface area (Å²) >= 11 is 1.53. The molecule has 0 unspecified atom stereocenters. The minimum atomic E-state index is 0.662. The van der Waals surface area contributed by atoms with Crippen molar-refractivity contribution in [1.29, 1.82) is 5.26 Å². The number of para-hydroxylation sites is 1. The number of rotatable bonds is 5. The maximum Gasteiger partial charge on any atom is 0.116 e. The number of fused-ring (bicyclic) bond motifs is 1. The van der Waals surface area contributed by atoms with Gasteiger partial charge < -0.3 is 10.2 Å². The van der Waals surface area contributed by atoms with Crippen LogP contribution < -0.4 is 5.32 Å². The maximum absolute atomic E-state index is 9.58. The van der Waals surface area contributed by atoms with Crippen LogP contribution in [0.2, 0.25) is 0 Å². The van der Waals surface area contributed by atoms with Crippen LogP contribution in [0.5, 0.6) is 0 Å². The fourth-order valence-corrected chi connectivity index (χ4v) is 3.69. The molecule has 0 amide bonds. The first-order chi connectivity index (χ1) is 11.3. The quantitative estimate of drug-likeness (QED) is 0.849. The van der Waals surface area contributed by atoms with Crippen molar-refractivity contribution < 1.29 is 0 Å². The molecule has 1 N–H and O–H groups in total. The van der Waals surface area contributed by atoms with Crippen LogP contribution in [0.3, 0.4) is 0 Å². The predicted molar refractivity (Wildman–Crippen MR) is 97.0 cm³/mol. The Balaban J connectivity index is 1.84. The highest BCUT2D eigenvalue weighted by Crippen LogP contribution is 2.31. The molecular formula is C18H22N4S. The molecule has 1 aromatic heterocycles. The highest BCUT2D eigenvalue weighted by Gasteiger charge is 2.15. The number of piperidine rings is 1. The van der Waals surface area contributed by atoms with E-state index in [9.17, 15) is 5.26 Å². The summed E-state index contributed by atoms with van der Waals surface area (Å²) in [6, 6.07) is 10.4. The van der Waals surface area contributed by atoms with E-state index in [0.717, 1.165) is 34.7 Å². The second kappa shape index (κ2) is 7.67. The van der Waals surface area contributed by atoms with E-state index in [2.05, 4.69) is 21.3 Å². The van der Waals surface area contributed by atoms with Gasteiger partial charge in [0.1, 0.15) is 16.7 Å². The third-order valence-electron chi connectivity index (χ3n) is 4.34. The molecule has 2 aromatic rings. The molecule has 5 heteroatoms. The van der Waals surface area contributed by atoms with Crippen LogP contribution in [0.15, 0.2) is 29.3 Å². The Morgan fingerprint density at radius 1 is 1.26 bits per heavy atom. The van der Waals surface area contributed by atoms with Gasteiger partial charge in [-0.05, 0) is 38.3 Å². The van der Waals surface area contributed by atoms with Crippen molar-refractivity contribution in [2.24, 2.45) is 0 Å². The molecule has 23 heavy (non-hydrogen) atoms. The number of nitriles is 1. The largest absolute Gasteiger partial charge is 0.382 e. The number of hydrogen-bond acceptors (Lipinski definition) is 5. The van der Waals surface area contributed by atoms with Gasteiger partial charge in [-0.25, -0.2) is 4.98 Å². The molecule has 0 saturated carbocycles. The zero-order chi connectivity index (χ0) is 16.1. The number of nitrogens with zero attached hydrogens (tertiary/aromatic N) is 3. The molecule has 0 spiro atoms. The van der Waals surface area contributed by atoms with Gasteiger partial charge in [0.15, 0.2) is 0 Å². The van der Waals surface area contributed by atoms with Gasteiger partial charge in [0, 0.05) is 18.5 Å². The molecule has 2 heterocycles. The Morgan fingerprint density at radius 2 is 2.04 bits per heavy atom. The second-order valence-electron chi connectivity index (χ2n) is 5.83. The van der Waals surface area contributed by atoms with E-state index in [1.807, 2.05) is 30.5 Å². The molecular weight excluding hydrogens is 304 g/mol. The van der Waals surface area contributed by atoms with E-state index in [1.54, 1.807) is 0 Å². The molecule has 0 radical (unpaired) electrons. The number of thioether (sulfide) groups is 1. The van der Waals surface area contributed by atoms with E-state index < -0.39 is 0 Å². The Bertz CT molecular complexity index is 717. The lowest BCUT2D eigenvalue weighted by atomic mass is 10.1. The predicted octanol–water partition coefficient (Wildman–Crippen LogP) is 3.73. The third-order valence-corrected chi connectivity index (χ3v) is 5.03. The highest BCUT2D eigenvalue weighted by atomic mass is 32.2. The number of nitrogens with one attached hydrogen (secondary N) is 1. The van der Waals surface area contributed by atoms with E-state index in [1.165, 1.54) is 44.1 Å². The summed E-state index contributed by atoms with van der Waals surface area (Å²) < 4.78 is 0. The number of anilines is 1. The van der Waals surface area contributed by atoms with Crippen molar-refractivity contribution in [3.63, 3.8) is 0 Å². The van der Waals surface area contributed by atoms with Crippen LogP contribution >= 0.6 is 11.8 Å². The van der Waals surface area contributed by atoms with Crippen LogP contribution in [-0.2, 0) is 0 Å². The lowest BCUT2D eigenvalue weighted by Gasteiger charge is -2.26. The smallest absolute Gasteiger partial charge is 0.116 e. The van der Waals surface area contributed by atoms with Gasteiger partial charge in [-0.1, -0.05) is 24.6 Å². The van der Waals surface area contributed by atoms with E-state index in [0.29, 0.717) is 5.56 Å². The summed E-state index contributed by atoms with van der Waals surface area (Å²) in [5, 5.41) is 14.9. The summed E-state index contributed by atoms with van der Waals surface area (Å²) in [4.78, 5) is 7.11. The summed E-state index contributed by atoms with van der Waals surface area (Å²) in [5.74, 6) is 0. The van der Waals surface area contributed by atoms with Gasteiger partial charge >= 0.3 is 0 Å². The molecule has 4 nitrogen and oxygen atoms in total. The lowest BCUT2D eigenvalue weighted by Crippen LogP contribution is -2.33. The average Bonchev–Trinajstić information content (AvgIpc) is 2.62. The number of hydrogen-bond donors (Lipinski definition) is 1. The Hall–Kier alpha value is -1.77. The third kappa shape index (κ3) is 3.60. The van der Waals surface area contributed by atoms with Gasteiger partial charge in [-0.2, -0.15) is 5.26 Å². The first-order valence-electron chi connectivity index (χ1n) is 8.16. The molecule has 1 fully saturated rings. The van der Waals surface area contributed by atoms with Gasteiger partial charge in [-0.15, -0.1) is 11.8 Å². The van der Waals surface area contributed by atoms with E-state index >= 15 is 0 Å². The van der Waals surface area contributed by atoms with Gasteiger partial charge in [0.25, 0.3) is 0 Å². The minimum absolute atomic E-state index is 0.662. The van der Waals surface area contributed by atoms with Crippen molar-refractivity contribution in [2.45, 2.75) is 24.3 Å². The highest BCUT2D eigenvalue weighted by molar-refractivity contribution is 7.98. The Kier molecular flexibility index (Phi) is 5.37. The van der Waals surface area contributed by atoms with Gasteiger partial charge in [0.2, 0.25) is 0 Å². The number of benzene rings is 1. The average molecular weight is 326 g/mol. The number of pyridine rings is 1. The number of likely N-dealkylation sites (tertiary alicyclic amines) is 1. The molecule has 120 valence electrons. The van der Waals surface area contributed by atoms with Crippen LogP contribution in [0.4, 0.5) is 5.69 Å². The molecule has 1 aromatic carbocycles. The second-order valence-corrected chi connectivity index (χ2v) is 6.62. The van der Waals surface area contributed by atoms with Crippen LogP contribution in [0.1, 0.15) is 24.8 Å². The van der Waals surface area contributed by atoms with Crippen LogP contribution in [0, 0.1) is 11.3 Å². The molecule has 3 rings (SSSR count). The SMILES string of the molecule is CSc1nc2ccccc2c(NCCN2CCCCC2)c1C#N. The molecule has 1 aliphatic heterocycles. The summed E-state index contributed by atoms with van der Waals surface area (Å²) in [6.07, 6.45) is 5.93. The fraction of sp³-hybridized carbons (Fsp3) is 0.444. The normalized spacial score (nSPS) is 15.5. The standard InChI is InChI=1S/C18H22N4S/c1-23-18-15(13-19)17(14-7-3-4-8-16(14)21-18)20-9-12-22-10-5-2-6-11-22/h3-4,7-8H,2,5-6,9-12H2,1H3,(H,20,21). The first-order valence-corrected chi connectivity index (χ1v) is 9.39. The van der Waals surface area contributed by atoms with Crippen molar-refractivity contribution in [3.8, 4) is 6.07 Å². The lowest BCUT2D eigenvalue weighted by molar-refractivity contribution is 0.237. The van der Waals surface area contributed by atoms with Crippen molar-refractivity contribution in [1.82, 2.24) is 9.88 Å². The zero-order valence-corrected chi connectivity index (χ0v) is 14.3. The molecule has 1 aliphatic rings. The summed E-state index contributed by atoms with van der Waals surface area (Å²) in [6.45, 7) is 4.27. The monoisotopic (exact) mass is 326 g/mol.